The Hall–Kier alpha value is -2.71. The molecule has 0 radical (unpaired) electrons. The van der Waals surface area contributed by atoms with Gasteiger partial charge in [0.15, 0.2) is 0 Å². The molecule has 2 aromatic rings. The summed E-state index contributed by atoms with van der Waals surface area (Å²) in [5.74, 6) is 3.51. The first-order valence-electron chi connectivity index (χ1n) is 8.26. The number of ether oxygens (including phenoxy) is 1. The minimum atomic E-state index is -3.69. The Balaban J connectivity index is 1.99. The third-order valence-corrected chi connectivity index (χ3v) is 6.77. The highest BCUT2D eigenvalue weighted by Gasteiger charge is 2.46. The zero-order chi connectivity index (χ0) is 18.9. The molecule has 3 rings (SSSR count). The van der Waals surface area contributed by atoms with E-state index in [9.17, 15) is 8.42 Å². The fraction of sp³-hybridized carbons (Fsp3) is 0.238. The summed E-state index contributed by atoms with van der Waals surface area (Å²) in [7, 11) is -2.10. The molecule has 0 aliphatic carbocycles. The van der Waals surface area contributed by atoms with Crippen molar-refractivity contribution in [2.45, 2.75) is 23.7 Å². The van der Waals surface area contributed by atoms with Crippen LogP contribution in [-0.4, -0.2) is 26.4 Å². The molecular weight excluding hydrogens is 346 g/mol. The van der Waals surface area contributed by atoms with Gasteiger partial charge in [0.25, 0.3) is 10.0 Å². The maximum absolute atomic E-state index is 13.1. The molecule has 0 saturated carbocycles. The standard InChI is InChI=1S/C21H21NO3S/c1-5-21(18-8-10-19(25-4)11-9-18)14-15-22(17(21)3)26(23,24)20-12-6-16(2)7-13-20/h1,6-13H,3,14-15H2,2,4H3. The lowest BCUT2D eigenvalue weighted by Gasteiger charge is -2.28. The van der Waals surface area contributed by atoms with Gasteiger partial charge in [-0.2, -0.15) is 0 Å². The lowest BCUT2D eigenvalue weighted by atomic mass is 9.78. The fourth-order valence-corrected chi connectivity index (χ4v) is 4.80. The van der Waals surface area contributed by atoms with Crippen molar-refractivity contribution in [2.24, 2.45) is 0 Å². The molecule has 0 bridgehead atoms. The van der Waals surface area contributed by atoms with Crippen LogP contribution in [-0.2, 0) is 15.4 Å². The van der Waals surface area contributed by atoms with E-state index in [0.29, 0.717) is 24.4 Å². The van der Waals surface area contributed by atoms with E-state index in [1.165, 1.54) is 4.31 Å². The Morgan fingerprint density at radius 1 is 1.15 bits per heavy atom. The van der Waals surface area contributed by atoms with Crippen LogP contribution < -0.4 is 4.74 Å². The van der Waals surface area contributed by atoms with Gasteiger partial charge in [0, 0.05) is 12.2 Å². The van der Waals surface area contributed by atoms with Crippen molar-refractivity contribution in [1.29, 1.82) is 0 Å². The number of allylic oxidation sites excluding steroid dienone is 1. The summed E-state index contributed by atoms with van der Waals surface area (Å²) in [6.07, 6.45) is 6.35. The largest absolute Gasteiger partial charge is 0.497 e. The van der Waals surface area contributed by atoms with Crippen LogP contribution in [0.15, 0.2) is 65.7 Å². The molecule has 0 amide bonds. The third kappa shape index (κ3) is 2.77. The highest BCUT2D eigenvalue weighted by Crippen LogP contribution is 2.44. The fourth-order valence-electron chi connectivity index (χ4n) is 3.29. The Morgan fingerprint density at radius 2 is 1.77 bits per heavy atom. The molecule has 0 aromatic heterocycles. The summed E-state index contributed by atoms with van der Waals surface area (Å²) in [5.41, 5.74) is 1.41. The number of hydrogen-bond donors (Lipinski definition) is 0. The van der Waals surface area contributed by atoms with E-state index in [4.69, 9.17) is 11.2 Å². The molecule has 1 heterocycles. The van der Waals surface area contributed by atoms with E-state index < -0.39 is 15.4 Å². The van der Waals surface area contributed by atoms with Crippen LogP contribution in [0.25, 0.3) is 0 Å². The number of rotatable bonds is 4. The second kappa shape index (κ2) is 6.54. The van der Waals surface area contributed by atoms with Crippen LogP contribution in [0.4, 0.5) is 0 Å². The Labute approximate surface area is 155 Å². The average Bonchev–Trinajstić information content (AvgIpc) is 3.00. The molecule has 5 heteroatoms. The van der Waals surface area contributed by atoms with Crippen LogP contribution in [0, 0.1) is 19.3 Å². The van der Waals surface area contributed by atoms with Gasteiger partial charge in [0.05, 0.1) is 17.4 Å². The molecule has 1 aliphatic rings. The Bertz CT molecular complexity index is 969. The second-order valence-corrected chi connectivity index (χ2v) is 8.23. The SMILES string of the molecule is C#CC1(c2ccc(OC)cc2)CCN(S(=O)(=O)c2ccc(C)cc2)C1=C. The second-order valence-electron chi connectivity index (χ2n) is 6.37. The van der Waals surface area contributed by atoms with Crippen LogP contribution >= 0.6 is 0 Å². The van der Waals surface area contributed by atoms with Gasteiger partial charge in [-0.3, -0.25) is 4.31 Å². The number of methoxy groups -OCH3 is 1. The number of sulfonamides is 1. The molecule has 1 unspecified atom stereocenters. The van der Waals surface area contributed by atoms with Crippen molar-refractivity contribution in [1.82, 2.24) is 4.31 Å². The quantitative estimate of drug-likeness (QED) is 0.777. The monoisotopic (exact) mass is 367 g/mol. The van der Waals surface area contributed by atoms with Crippen molar-refractivity contribution in [3.05, 3.63) is 71.9 Å². The van der Waals surface area contributed by atoms with Crippen LogP contribution in [0.2, 0.25) is 0 Å². The van der Waals surface area contributed by atoms with E-state index in [0.717, 1.165) is 11.1 Å². The van der Waals surface area contributed by atoms with Gasteiger partial charge < -0.3 is 4.74 Å². The summed E-state index contributed by atoms with van der Waals surface area (Å²) >= 11 is 0. The zero-order valence-corrected chi connectivity index (χ0v) is 15.7. The first kappa shape index (κ1) is 18.1. The first-order valence-corrected chi connectivity index (χ1v) is 9.70. The number of terminal acetylenes is 1. The van der Waals surface area contributed by atoms with Gasteiger partial charge in [-0.25, -0.2) is 8.42 Å². The van der Waals surface area contributed by atoms with Gasteiger partial charge in [-0.1, -0.05) is 42.3 Å². The van der Waals surface area contributed by atoms with Gasteiger partial charge in [0.2, 0.25) is 0 Å². The van der Waals surface area contributed by atoms with E-state index in [1.54, 1.807) is 31.4 Å². The van der Waals surface area contributed by atoms with E-state index in [1.807, 2.05) is 31.2 Å². The van der Waals surface area contributed by atoms with Gasteiger partial charge in [0.1, 0.15) is 5.75 Å². The molecule has 1 fully saturated rings. The summed E-state index contributed by atoms with van der Waals surface area (Å²) in [4.78, 5) is 0.242. The average molecular weight is 367 g/mol. The minimum Gasteiger partial charge on any atom is -0.497 e. The van der Waals surface area contributed by atoms with Crippen LogP contribution in [0.3, 0.4) is 0 Å². The molecule has 0 N–H and O–H groups in total. The lowest BCUT2D eigenvalue weighted by molar-refractivity contribution is 0.414. The van der Waals surface area contributed by atoms with Crippen molar-refractivity contribution >= 4 is 10.0 Å². The molecule has 134 valence electrons. The van der Waals surface area contributed by atoms with E-state index in [2.05, 4.69) is 12.5 Å². The van der Waals surface area contributed by atoms with Gasteiger partial charge in [-0.05, 0) is 43.2 Å². The van der Waals surface area contributed by atoms with Crippen molar-refractivity contribution in [3.63, 3.8) is 0 Å². The molecule has 4 nitrogen and oxygen atoms in total. The normalized spacial score (nSPS) is 20.0. The Kier molecular flexibility index (Phi) is 4.55. The lowest BCUT2D eigenvalue weighted by Crippen LogP contribution is -2.31. The highest BCUT2D eigenvalue weighted by atomic mass is 32.2. The molecule has 2 aromatic carbocycles. The first-order chi connectivity index (χ1) is 12.3. The number of benzene rings is 2. The van der Waals surface area contributed by atoms with Crippen LogP contribution in [0.5, 0.6) is 5.75 Å². The molecule has 1 saturated heterocycles. The third-order valence-electron chi connectivity index (χ3n) is 4.92. The zero-order valence-electron chi connectivity index (χ0n) is 14.9. The summed E-state index contributed by atoms with van der Waals surface area (Å²) in [6, 6.07) is 14.2. The minimum absolute atomic E-state index is 0.242. The molecule has 0 spiro atoms. The van der Waals surface area contributed by atoms with E-state index in [-0.39, 0.29) is 4.90 Å². The summed E-state index contributed by atoms with van der Waals surface area (Å²) < 4.78 is 32.7. The number of hydrogen-bond acceptors (Lipinski definition) is 3. The highest BCUT2D eigenvalue weighted by molar-refractivity contribution is 7.89. The van der Waals surface area contributed by atoms with E-state index >= 15 is 0 Å². The number of aryl methyl sites for hydroxylation is 1. The maximum atomic E-state index is 13.1. The van der Waals surface area contributed by atoms with Gasteiger partial charge in [-0.15, -0.1) is 6.42 Å². The topological polar surface area (TPSA) is 46.6 Å². The Morgan fingerprint density at radius 3 is 2.31 bits per heavy atom. The van der Waals surface area contributed by atoms with Crippen LogP contribution in [0.1, 0.15) is 17.5 Å². The molecule has 1 atom stereocenters. The maximum Gasteiger partial charge on any atom is 0.264 e. The molecule has 26 heavy (non-hydrogen) atoms. The number of nitrogens with zero attached hydrogens (tertiary/aromatic N) is 1. The summed E-state index contributed by atoms with van der Waals surface area (Å²) in [5, 5.41) is 0. The molecule has 1 aliphatic heterocycles. The van der Waals surface area contributed by atoms with Crippen molar-refractivity contribution in [3.8, 4) is 18.1 Å². The van der Waals surface area contributed by atoms with Gasteiger partial charge >= 0.3 is 0 Å². The predicted molar refractivity (Wildman–Crippen MR) is 102 cm³/mol. The molecular formula is C21H21NO3S. The summed E-state index contributed by atoms with van der Waals surface area (Å²) in [6.45, 7) is 6.27. The van der Waals surface area contributed by atoms with Crippen molar-refractivity contribution in [2.75, 3.05) is 13.7 Å². The smallest absolute Gasteiger partial charge is 0.264 e. The predicted octanol–water partition coefficient (Wildman–Crippen LogP) is 3.48. The van der Waals surface area contributed by atoms with Crippen molar-refractivity contribution < 1.29 is 13.2 Å².